The van der Waals surface area contributed by atoms with Crippen LogP contribution in [0.5, 0.6) is 0 Å². The van der Waals surface area contributed by atoms with E-state index in [0.29, 0.717) is 12.0 Å². The molecule has 2 rings (SSSR count). The molecule has 1 aromatic carbocycles. The molecule has 1 N–H and O–H groups in total. The number of hydrogen-bond donors (Lipinski definition) is 1. The largest absolute Gasteiger partial charge is 0.313 e. The lowest BCUT2D eigenvalue weighted by molar-refractivity contribution is 0.390. The molecule has 3 heteroatoms. The van der Waals surface area contributed by atoms with Gasteiger partial charge in [0.05, 0.1) is 5.02 Å². The van der Waals surface area contributed by atoms with Crippen molar-refractivity contribution in [1.29, 1.82) is 0 Å². The van der Waals surface area contributed by atoms with Crippen LogP contribution in [0.25, 0.3) is 0 Å². The van der Waals surface area contributed by atoms with Gasteiger partial charge in [-0.25, -0.2) is 4.39 Å². The predicted molar refractivity (Wildman–Crippen MR) is 65.2 cm³/mol. The van der Waals surface area contributed by atoms with Gasteiger partial charge in [-0.15, -0.1) is 0 Å². The fourth-order valence-corrected chi connectivity index (χ4v) is 2.86. The van der Waals surface area contributed by atoms with Crippen LogP contribution >= 0.6 is 11.6 Å². The minimum absolute atomic E-state index is 0.218. The topological polar surface area (TPSA) is 12.0 Å². The van der Waals surface area contributed by atoms with Gasteiger partial charge in [-0.05, 0) is 43.5 Å². The summed E-state index contributed by atoms with van der Waals surface area (Å²) in [6, 6.07) is 5.34. The third kappa shape index (κ3) is 2.38. The van der Waals surface area contributed by atoms with Crippen molar-refractivity contribution in [3.05, 3.63) is 34.6 Å². The Kier molecular flexibility index (Phi) is 3.82. The Labute approximate surface area is 101 Å². The average molecular weight is 242 g/mol. The zero-order valence-electron chi connectivity index (χ0n) is 9.47. The minimum Gasteiger partial charge on any atom is -0.313 e. The summed E-state index contributed by atoms with van der Waals surface area (Å²) in [4.78, 5) is 0. The van der Waals surface area contributed by atoms with E-state index in [1.807, 2.05) is 13.1 Å². The van der Waals surface area contributed by atoms with Crippen LogP contribution in [0.2, 0.25) is 5.02 Å². The molecule has 0 amide bonds. The van der Waals surface area contributed by atoms with E-state index in [1.165, 1.54) is 31.7 Å². The third-order valence-corrected chi connectivity index (χ3v) is 3.77. The first kappa shape index (κ1) is 11.9. The molecule has 1 aliphatic carbocycles. The van der Waals surface area contributed by atoms with Gasteiger partial charge >= 0.3 is 0 Å². The molecular formula is C13H17ClFN. The van der Waals surface area contributed by atoms with Crippen molar-refractivity contribution in [3.63, 3.8) is 0 Å². The molecule has 88 valence electrons. The second-order valence-corrected chi connectivity index (χ2v) is 4.89. The Morgan fingerprint density at radius 2 is 2.06 bits per heavy atom. The van der Waals surface area contributed by atoms with E-state index in [4.69, 9.17) is 11.6 Å². The Morgan fingerprint density at radius 3 is 2.62 bits per heavy atom. The van der Waals surface area contributed by atoms with Gasteiger partial charge in [0.15, 0.2) is 0 Å². The number of halogens is 2. The molecular weight excluding hydrogens is 225 g/mol. The van der Waals surface area contributed by atoms with E-state index in [1.54, 1.807) is 6.07 Å². The number of nitrogens with one attached hydrogen (secondary N) is 1. The molecule has 0 bridgehead atoms. The summed E-state index contributed by atoms with van der Waals surface area (Å²) in [5.41, 5.74) is 1.10. The second-order valence-electron chi connectivity index (χ2n) is 4.48. The Balaban J connectivity index is 2.22. The summed E-state index contributed by atoms with van der Waals surface area (Å²) in [6.45, 7) is 0. The van der Waals surface area contributed by atoms with Crippen molar-refractivity contribution in [1.82, 2.24) is 5.32 Å². The first-order valence-corrected chi connectivity index (χ1v) is 6.22. The van der Waals surface area contributed by atoms with Gasteiger partial charge in [0.25, 0.3) is 0 Å². The molecule has 0 aliphatic heterocycles. The summed E-state index contributed by atoms with van der Waals surface area (Å²) < 4.78 is 13.1. The summed E-state index contributed by atoms with van der Waals surface area (Å²) in [7, 11) is 1.96. The van der Waals surface area contributed by atoms with Crippen molar-refractivity contribution in [2.24, 2.45) is 5.92 Å². The maximum Gasteiger partial charge on any atom is 0.141 e. The van der Waals surface area contributed by atoms with E-state index >= 15 is 0 Å². The third-order valence-electron chi connectivity index (χ3n) is 3.49. The van der Waals surface area contributed by atoms with Crippen molar-refractivity contribution < 1.29 is 4.39 Å². The fourth-order valence-electron chi connectivity index (χ4n) is 2.67. The normalized spacial score (nSPS) is 18.9. The highest BCUT2D eigenvalue weighted by atomic mass is 35.5. The summed E-state index contributed by atoms with van der Waals surface area (Å²) in [5.74, 6) is 0.318. The zero-order chi connectivity index (χ0) is 11.5. The van der Waals surface area contributed by atoms with Gasteiger partial charge in [-0.2, -0.15) is 0 Å². The lowest BCUT2D eigenvalue weighted by Gasteiger charge is -2.23. The van der Waals surface area contributed by atoms with Gasteiger partial charge in [0.2, 0.25) is 0 Å². The molecule has 0 spiro atoms. The smallest absolute Gasteiger partial charge is 0.141 e. The molecule has 1 unspecified atom stereocenters. The first-order chi connectivity index (χ1) is 7.72. The van der Waals surface area contributed by atoms with Gasteiger partial charge in [0, 0.05) is 6.04 Å². The SMILES string of the molecule is CNC(c1ccc(F)c(Cl)c1)C1CCCC1. The molecule has 0 aromatic heterocycles. The standard InChI is InChI=1S/C13H17ClFN/c1-16-13(9-4-2-3-5-9)10-6-7-12(15)11(14)8-10/h6-9,13,16H,2-5H2,1H3. The molecule has 0 radical (unpaired) electrons. The molecule has 1 aliphatic rings. The molecule has 1 atom stereocenters. The van der Waals surface area contributed by atoms with E-state index in [2.05, 4.69) is 5.32 Å². The average Bonchev–Trinajstić information content (AvgIpc) is 2.78. The summed E-state index contributed by atoms with van der Waals surface area (Å²) in [5, 5.41) is 3.54. The van der Waals surface area contributed by atoms with Crippen molar-refractivity contribution in [3.8, 4) is 0 Å². The lowest BCUT2D eigenvalue weighted by Crippen LogP contribution is -2.23. The van der Waals surface area contributed by atoms with Crippen molar-refractivity contribution in [2.45, 2.75) is 31.7 Å². The molecule has 1 nitrogen and oxygen atoms in total. The highest BCUT2D eigenvalue weighted by Gasteiger charge is 2.25. The van der Waals surface area contributed by atoms with Crippen molar-refractivity contribution in [2.75, 3.05) is 7.05 Å². The van der Waals surface area contributed by atoms with Crippen LogP contribution in [0.3, 0.4) is 0 Å². The lowest BCUT2D eigenvalue weighted by atomic mass is 9.92. The van der Waals surface area contributed by atoms with E-state index < -0.39 is 0 Å². The zero-order valence-corrected chi connectivity index (χ0v) is 10.2. The van der Waals surface area contributed by atoms with E-state index in [9.17, 15) is 4.39 Å². The Bertz CT molecular complexity index is 361. The van der Waals surface area contributed by atoms with Crippen LogP contribution in [0.1, 0.15) is 37.3 Å². The molecule has 1 saturated carbocycles. The van der Waals surface area contributed by atoms with Crippen LogP contribution < -0.4 is 5.32 Å². The van der Waals surface area contributed by atoms with Crippen LogP contribution in [-0.2, 0) is 0 Å². The first-order valence-electron chi connectivity index (χ1n) is 5.84. The fraction of sp³-hybridized carbons (Fsp3) is 0.538. The number of hydrogen-bond acceptors (Lipinski definition) is 1. The molecule has 16 heavy (non-hydrogen) atoms. The highest BCUT2D eigenvalue weighted by molar-refractivity contribution is 6.30. The quantitative estimate of drug-likeness (QED) is 0.846. The van der Waals surface area contributed by atoms with Crippen LogP contribution in [0.15, 0.2) is 18.2 Å². The number of benzene rings is 1. The van der Waals surface area contributed by atoms with E-state index in [-0.39, 0.29) is 10.8 Å². The minimum atomic E-state index is -0.341. The predicted octanol–water partition coefficient (Wildman–Crippen LogP) is 3.93. The van der Waals surface area contributed by atoms with Crippen LogP contribution in [0, 0.1) is 11.7 Å². The monoisotopic (exact) mass is 241 g/mol. The van der Waals surface area contributed by atoms with Crippen LogP contribution in [-0.4, -0.2) is 7.05 Å². The molecule has 0 heterocycles. The number of rotatable bonds is 3. The molecule has 1 fully saturated rings. The van der Waals surface area contributed by atoms with Gasteiger partial charge in [-0.1, -0.05) is 30.5 Å². The molecule has 1 aromatic rings. The summed E-state index contributed by atoms with van der Waals surface area (Å²) >= 11 is 5.82. The summed E-state index contributed by atoms with van der Waals surface area (Å²) in [6.07, 6.45) is 5.11. The Morgan fingerprint density at radius 1 is 1.38 bits per heavy atom. The molecule has 0 saturated heterocycles. The highest BCUT2D eigenvalue weighted by Crippen LogP contribution is 2.36. The van der Waals surface area contributed by atoms with Gasteiger partial charge in [-0.3, -0.25) is 0 Å². The van der Waals surface area contributed by atoms with Crippen molar-refractivity contribution >= 4 is 11.6 Å². The maximum absolute atomic E-state index is 13.1. The Hall–Kier alpha value is -0.600. The van der Waals surface area contributed by atoms with Crippen LogP contribution in [0.4, 0.5) is 4.39 Å². The van der Waals surface area contributed by atoms with Gasteiger partial charge in [0.1, 0.15) is 5.82 Å². The second kappa shape index (κ2) is 5.15. The van der Waals surface area contributed by atoms with E-state index in [0.717, 1.165) is 5.56 Å². The maximum atomic E-state index is 13.1. The van der Waals surface area contributed by atoms with Gasteiger partial charge < -0.3 is 5.32 Å².